The van der Waals surface area contributed by atoms with Gasteiger partial charge in [-0.15, -0.1) is 0 Å². The molecule has 3 N–H and O–H groups in total. The quantitative estimate of drug-likeness (QED) is 0.441. The molecule has 2 amide bonds. The topological polar surface area (TPSA) is 120 Å². The van der Waals surface area contributed by atoms with E-state index in [0.717, 1.165) is 16.7 Å². The number of carbonyl (C=O) groups excluding carboxylic acids is 2. The summed E-state index contributed by atoms with van der Waals surface area (Å²) in [5.41, 5.74) is 8.77. The summed E-state index contributed by atoms with van der Waals surface area (Å²) in [7, 11) is 0. The molecule has 0 aliphatic carbocycles. The van der Waals surface area contributed by atoms with E-state index in [9.17, 15) is 9.59 Å². The number of piperidine rings is 1. The molecule has 9 heteroatoms. The van der Waals surface area contributed by atoms with Crippen molar-refractivity contribution in [2.75, 3.05) is 18.8 Å². The Labute approximate surface area is 216 Å². The van der Waals surface area contributed by atoms with Crippen LogP contribution in [0.15, 0.2) is 47.0 Å². The van der Waals surface area contributed by atoms with Crippen molar-refractivity contribution in [3.8, 4) is 22.8 Å². The molecule has 1 aliphatic heterocycles. The molecule has 0 saturated carbocycles. The van der Waals surface area contributed by atoms with E-state index in [1.54, 1.807) is 35.2 Å². The van der Waals surface area contributed by atoms with Crippen LogP contribution in [0.3, 0.4) is 0 Å². The average Bonchev–Trinajstić information content (AvgIpc) is 3.29. The Morgan fingerprint density at radius 2 is 1.76 bits per heavy atom. The van der Waals surface area contributed by atoms with Crippen LogP contribution in [0.2, 0.25) is 0 Å². The molecule has 2 heterocycles. The fourth-order valence-corrected chi connectivity index (χ4v) is 4.28. The Balaban J connectivity index is 1.43. The number of nitrogens with one attached hydrogen (secondary N) is 1. The zero-order chi connectivity index (χ0) is 26.7. The SMILES string of the molecule is Cc1cc(C)c(-c2cc(C(=O)NC3CCN(C(=O)OC(C)(C)C)CC3)no2)c(Oc2ccc(N)cc2)c1. The molecule has 1 aliphatic rings. The van der Waals surface area contributed by atoms with Crippen LogP contribution in [-0.2, 0) is 4.74 Å². The van der Waals surface area contributed by atoms with E-state index in [1.807, 2.05) is 46.8 Å². The number of aromatic nitrogens is 1. The minimum Gasteiger partial charge on any atom is -0.457 e. The van der Waals surface area contributed by atoms with Crippen LogP contribution in [0.1, 0.15) is 55.2 Å². The lowest BCUT2D eigenvalue weighted by atomic mass is 10.0. The molecule has 2 aromatic carbocycles. The smallest absolute Gasteiger partial charge is 0.410 e. The van der Waals surface area contributed by atoms with Crippen LogP contribution >= 0.6 is 0 Å². The molecule has 0 spiro atoms. The van der Waals surface area contributed by atoms with Gasteiger partial charge in [-0.2, -0.15) is 0 Å². The number of benzene rings is 2. The largest absolute Gasteiger partial charge is 0.457 e. The number of nitrogens with zero attached hydrogens (tertiary/aromatic N) is 2. The van der Waals surface area contributed by atoms with Gasteiger partial charge in [-0.05, 0) is 88.9 Å². The molecule has 0 atom stereocenters. The van der Waals surface area contributed by atoms with Crippen molar-refractivity contribution < 1.29 is 23.6 Å². The van der Waals surface area contributed by atoms with Crippen molar-refractivity contribution in [2.45, 2.75) is 59.1 Å². The van der Waals surface area contributed by atoms with Crippen molar-refractivity contribution in [1.29, 1.82) is 0 Å². The van der Waals surface area contributed by atoms with E-state index < -0.39 is 5.60 Å². The summed E-state index contributed by atoms with van der Waals surface area (Å²) in [6.45, 7) is 10.5. The van der Waals surface area contributed by atoms with Crippen LogP contribution in [-0.4, -0.2) is 46.8 Å². The molecule has 3 aromatic rings. The number of ether oxygens (including phenoxy) is 2. The molecule has 0 bridgehead atoms. The van der Waals surface area contributed by atoms with E-state index in [0.29, 0.717) is 48.9 Å². The molecule has 0 unspecified atom stereocenters. The molecule has 9 nitrogen and oxygen atoms in total. The summed E-state index contributed by atoms with van der Waals surface area (Å²) < 4.78 is 17.2. The number of nitrogen functional groups attached to an aromatic ring is 1. The minimum atomic E-state index is -0.539. The maximum absolute atomic E-state index is 12.9. The van der Waals surface area contributed by atoms with Crippen molar-refractivity contribution in [2.24, 2.45) is 0 Å². The van der Waals surface area contributed by atoms with Crippen molar-refractivity contribution >= 4 is 17.7 Å². The van der Waals surface area contributed by atoms with Crippen molar-refractivity contribution in [3.63, 3.8) is 0 Å². The van der Waals surface area contributed by atoms with Gasteiger partial charge in [0.2, 0.25) is 0 Å². The number of likely N-dealkylation sites (tertiary alicyclic amines) is 1. The lowest BCUT2D eigenvalue weighted by Crippen LogP contribution is -2.47. The molecule has 0 radical (unpaired) electrons. The molecule has 196 valence electrons. The number of rotatable bonds is 5. The van der Waals surface area contributed by atoms with Crippen molar-refractivity contribution in [1.82, 2.24) is 15.4 Å². The average molecular weight is 507 g/mol. The van der Waals surface area contributed by atoms with Gasteiger partial charge in [0, 0.05) is 30.9 Å². The zero-order valence-electron chi connectivity index (χ0n) is 22.0. The van der Waals surface area contributed by atoms with Crippen LogP contribution in [0.5, 0.6) is 11.5 Å². The number of carbonyl (C=O) groups is 2. The first-order valence-electron chi connectivity index (χ1n) is 12.4. The fraction of sp³-hybridized carbons (Fsp3) is 0.393. The Morgan fingerprint density at radius 1 is 1.08 bits per heavy atom. The number of amides is 2. The van der Waals surface area contributed by atoms with Gasteiger partial charge < -0.3 is 29.9 Å². The number of aryl methyl sites for hydroxylation is 2. The predicted octanol–water partition coefficient (Wildman–Crippen LogP) is 5.46. The number of hydrogen-bond donors (Lipinski definition) is 2. The summed E-state index contributed by atoms with van der Waals surface area (Å²) >= 11 is 0. The second-order valence-electron chi connectivity index (χ2n) is 10.4. The van der Waals surface area contributed by atoms with Crippen LogP contribution in [0, 0.1) is 13.8 Å². The van der Waals surface area contributed by atoms with Crippen LogP contribution in [0.25, 0.3) is 11.3 Å². The first-order valence-corrected chi connectivity index (χ1v) is 12.4. The molecule has 1 aromatic heterocycles. The van der Waals surface area contributed by atoms with Crippen LogP contribution < -0.4 is 15.8 Å². The van der Waals surface area contributed by atoms with E-state index in [2.05, 4.69) is 10.5 Å². The molecular formula is C28H34N4O5. The molecule has 4 rings (SSSR count). The maximum Gasteiger partial charge on any atom is 0.410 e. The highest BCUT2D eigenvalue weighted by molar-refractivity contribution is 5.93. The van der Waals surface area contributed by atoms with E-state index in [-0.39, 0.29) is 23.7 Å². The Bertz CT molecular complexity index is 1270. The third-order valence-electron chi connectivity index (χ3n) is 6.02. The molecule has 37 heavy (non-hydrogen) atoms. The Kier molecular flexibility index (Phi) is 7.42. The van der Waals surface area contributed by atoms with E-state index >= 15 is 0 Å². The minimum absolute atomic E-state index is 0.0724. The molecule has 1 fully saturated rings. The second-order valence-corrected chi connectivity index (χ2v) is 10.4. The summed E-state index contributed by atoms with van der Waals surface area (Å²) in [5, 5.41) is 7.03. The van der Waals surface area contributed by atoms with Gasteiger partial charge in [0.1, 0.15) is 17.1 Å². The third-order valence-corrected chi connectivity index (χ3v) is 6.02. The molecular weight excluding hydrogens is 472 g/mol. The van der Waals surface area contributed by atoms with E-state index in [4.69, 9.17) is 19.7 Å². The van der Waals surface area contributed by atoms with Gasteiger partial charge >= 0.3 is 6.09 Å². The maximum atomic E-state index is 12.9. The summed E-state index contributed by atoms with van der Waals surface area (Å²) in [6, 6.07) is 12.6. The summed E-state index contributed by atoms with van der Waals surface area (Å²) in [4.78, 5) is 26.9. The van der Waals surface area contributed by atoms with Gasteiger partial charge in [-0.3, -0.25) is 4.79 Å². The lowest BCUT2D eigenvalue weighted by molar-refractivity contribution is 0.0199. The molecule has 1 saturated heterocycles. The third kappa shape index (κ3) is 6.61. The highest BCUT2D eigenvalue weighted by Gasteiger charge is 2.28. The van der Waals surface area contributed by atoms with E-state index in [1.165, 1.54) is 0 Å². The first-order chi connectivity index (χ1) is 17.5. The monoisotopic (exact) mass is 506 g/mol. The highest BCUT2D eigenvalue weighted by Crippen LogP contribution is 2.37. The standard InChI is InChI=1S/C28H34N4O5/c1-17-14-18(2)25(23(15-17)35-21-8-6-19(29)7-9-21)24-16-22(31-37-24)26(33)30-20-10-12-32(13-11-20)27(34)36-28(3,4)5/h6-9,14-16,20H,10-13,29H2,1-5H3,(H,30,33). The van der Waals surface area contributed by atoms with Crippen molar-refractivity contribution in [3.05, 3.63) is 59.3 Å². The number of nitrogens with two attached hydrogens (primary N) is 1. The Morgan fingerprint density at radius 3 is 2.41 bits per heavy atom. The number of anilines is 1. The fourth-order valence-electron chi connectivity index (χ4n) is 4.28. The highest BCUT2D eigenvalue weighted by atomic mass is 16.6. The lowest BCUT2D eigenvalue weighted by Gasteiger charge is -2.33. The second kappa shape index (κ2) is 10.5. The van der Waals surface area contributed by atoms with Gasteiger partial charge in [-0.25, -0.2) is 4.79 Å². The van der Waals surface area contributed by atoms with Gasteiger partial charge in [0.25, 0.3) is 5.91 Å². The zero-order valence-corrected chi connectivity index (χ0v) is 22.0. The van der Waals surface area contributed by atoms with Gasteiger partial charge in [-0.1, -0.05) is 11.2 Å². The first kappa shape index (κ1) is 26.1. The summed E-state index contributed by atoms with van der Waals surface area (Å²) in [5.74, 6) is 1.35. The van der Waals surface area contributed by atoms with Gasteiger partial charge in [0.05, 0.1) is 5.56 Å². The van der Waals surface area contributed by atoms with Gasteiger partial charge in [0.15, 0.2) is 11.5 Å². The Hall–Kier alpha value is -4.01. The van der Waals surface area contributed by atoms with Crippen LogP contribution in [0.4, 0.5) is 10.5 Å². The number of hydrogen-bond acceptors (Lipinski definition) is 7. The normalized spacial score (nSPS) is 14.4. The summed E-state index contributed by atoms with van der Waals surface area (Å²) in [6.07, 6.45) is 0.933. The predicted molar refractivity (Wildman–Crippen MR) is 141 cm³/mol.